The Morgan fingerprint density at radius 3 is 3.00 bits per heavy atom. The summed E-state index contributed by atoms with van der Waals surface area (Å²) in [5.74, 6) is -0.446. The van der Waals surface area contributed by atoms with Gasteiger partial charge in [-0.25, -0.2) is 4.79 Å². The van der Waals surface area contributed by atoms with Crippen LogP contribution >= 0.6 is 0 Å². The number of benzene rings is 2. The molecule has 0 N–H and O–H groups in total. The van der Waals surface area contributed by atoms with Gasteiger partial charge in [-0.3, -0.25) is 0 Å². The fourth-order valence-corrected chi connectivity index (χ4v) is 2.27. The first kappa shape index (κ1) is 11.7. The Hall–Kier alpha value is -2.36. The normalized spacial score (nSPS) is 13.4. The average molecular weight is 255 g/mol. The number of esters is 1. The Labute approximate surface area is 110 Å². The second kappa shape index (κ2) is 4.72. The van der Waals surface area contributed by atoms with Gasteiger partial charge in [-0.15, -0.1) is 0 Å². The van der Waals surface area contributed by atoms with Crippen molar-refractivity contribution in [2.75, 3.05) is 6.61 Å². The summed E-state index contributed by atoms with van der Waals surface area (Å²) in [6.07, 6.45) is 0. The lowest BCUT2D eigenvalue weighted by molar-refractivity contribution is -0.135. The average Bonchev–Trinajstić information content (AvgIpc) is 2.46. The van der Waals surface area contributed by atoms with Crippen molar-refractivity contribution >= 4 is 22.5 Å². The first-order valence-corrected chi connectivity index (χ1v) is 6.19. The van der Waals surface area contributed by atoms with E-state index in [9.17, 15) is 4.79 Å². The lowest BCUT2D eigenvalue weighted by Gasteiger charge is -2.17. The van der Waals surface area contributed by atoms with Crippen molar-refractivity contribution in [2.24, 2.45) is 5.16 Å². The summed E-state index contributed by atoms with van der Waals surface area (Å²) in [5, 5.41) is 6.04. The molecule has 0 radical (unpaired) electrons. The van der Waals surface area contributed by atoms with Gasteiger partial charge in [-0.2, -0.15) is 0 Å². The van der Waals surface area contributed by atoms with Crippen molar-refractivity contribution in [3.63, 3.8) is 0 Å². The van der Waals surface area contributed by atoms with Gasteiger partial charge in [0.25, 0.3) is 0 Å². The molecule has 0 bridgehead atoms. The van der Waals surface area contributed by atoms with Crippen LogP contribution in [-0.4, -0.2) is 18.3 Å². The highest BCUT2D eigenvalue weighted by molar-refractivity contribution is 6.44. The SMILES string of the molecule is CCOC(=O)C1=NOCc2c1ccc1ccccc21. The molecule has 0 aliphatic carbocycles. The molecule has 0 atom stereocenters. The van der Waals surface area contributed by atoms with Crippen molar-refractivity contribution in [1.29, 1.82) is 0 Å². The fourth-order valence-electron chi connectivity index (χ4n) is 2.27. The van der Waals surface area contributed by atoms with Crippen molar-refractivity contribution in [1.82, 2.24) is 0 Å². The van der Waals surface area contributed by atoms with Crippen LogP contribution in [0, 0.1) is 0 Å². The molecule has 1 aliphatic heterocycles. The monoisotopic (exact) mass is 255 g/mol. The molecule has 0 aromatic heterocycles. The van der Waals surface area contributed by atoms with E-state index in [0.717, 1.165) is 21.9 Å². The summed E-state index contributed by atoms with van der Waals surface area (Å²) in [6.45, 7) is 2.46. The van der Waals surface area contributed by atoms with E-state index in [-0.39, 0.29) is 5.71 Å². The van der Waals surface area contributed by atoms with Crippen LogP contribution in [0.15, 0.2) is 41.6 Å². The Morgan fingerprint density at radius 1 is 1.32 bits per heavy atom. The molecule has 4 nitrogen and oxygen atoms in total. The van der Waals surface area contributed by atoms with Crippen LogP contribution < -0.4 is 0 Å². The van der Waals surface area contributed by atoms with E-state index < -0.39 is 5.97 Å². The van der Waals surface area contributed by atoms with Crippen LogP contribution in [-0.2, 0) is 21.0 Å². The number of rotatable bonds is 2. The highest BCUT2D eigenvalue weighted by atomic mass is 16.6. The molecule has 0 saturated heterocycles. The van der Waals surface area contributed by atoms with E-state index in [1.165, 1.54) is 0 Å². The van der Waals surface area contributed by atoms with Crippen molar-refractivity contribution in [2.45, 2.75) is 13.5 Å². The lowest BCUT2D eigenvalue weighted by Crippen LogP contribution is -2.23. The maximum Gasteiger partial charge on any atom is 0.361 e. The first-order chi connectivity index (χ1) is 9.31. The van der Waals surface area contributed by atoms with Crippen LogP contribution in [0.1, 0.15) is 18.1 Å². The van der Waals surface area contributed by atoms with Gasteiger partial charge in [0, 0.05) is 11.1 Å². The summed E-state index contributed by atoms with van der Waals surface area (Å²) in [7, 11) is 0. The zero-order valence-electron chi connectivity index (χ0n) is 10.6. The minimum atomic E-state index is -0.446. The van der Waals surface area contributed by atoms with Gasteiger partial charge in [-0.1, -0.05) is 41.6 Å². The van der Waals surface area contributed by atoms with Crippen LogP contribution in [0.3, 0.4) is 0 Å². The molecule has 0 spiro atoms. The van der Waals surface area contributed by atoms with Gasteiger partial charge in [0.15, 0.2) is 5.71 Å². The Kier molecular flexibility index (Phi) is 2.91. The standard InChI is InChI=1S/C15H13NO3/c1-2-18-15(17)14-12-8-7-10-5-3-4-6-11(10)13(12)9-19-16-14/h3-8H,2,9H2,1H3. The van der Waals surface area contributed by atoms with Crippen molar-refractivity contribution in [3.05, 3.63) is 47.5 Å². The quantitative estimate of drug-likeness (QED) is 0.775. The largest absolute Gasteiger partial charge is 0.461 e. The van der Waals surface area contributed by atoms with Gasteiger partial charge < -0.3 is 9.57 Å². The number of fused-ring (bicyclic) bond motifs is 3. The third-order valence-corrected chi connectivity index (χ3v) is 3.13. The first-order valence-electron chi connectivity index (χ1n) is 6.19. The maximum atomic E-state index is 11.9. The number of hydrogen-bond donors (Lipinski definition) is 0. The third-order valence-electron chi connectivity index (χ3n) is 3.13. The molecule has 19 heavy (non-hydrogen) atoms. The van der Waals surface area contributed by atoms with Crippen LogP contribution in [0.4, 0.5) is 0 Å². The summed E-state index contributed by atoms with van der Waals surface area (Å²) >= 11 is 0. The zero-order valence-corrected chi connectivity index (χ0v) is 10.6. The highest BCUT2D eigenvalue weighted by Crippen LogP contribution is 2.26. The highest BCUT2D eigenvalue weighted by Gasteiger charge is 2.24. The summed E-state index contributed by atoms with van der Waals surface area (Å²) in [5.41, 5.74) is 2.02. The number of ether oxygens (including phenoxy) is 1. The maximum absolute atomic E-state index is 11.9. The van der Waals surface area contributed by atoms with E-state index in [1.807, 2.05) is 36.4 Å². The molecule has 96 valence electrons. The minimum Gasteiger partial charge on any atom is -0.461 e. The number of carbonyl (C=O) groups is 1. The summed E-state index contributed by atoms with van der Waals surface area (Å²) in [6, 6.07) is 11.9. The molecule has 0 saturated carbocycles. The molecule has 2 aromatic carbocycles. The smallest absolute Gasteiger partial charge is 0.361 e. The Bertz CT molecular complexity index is 676. The Morgan fingerprint density at radius 2 is 2.16 bits per heavy atom. The number of hydrogen-bond acceptors (Lipinski definition) is 4. The molecule has 1 heterocycles. The zero-order chi connectivity index (χ0) is 13.2. The van der Waals surface area contributed by atoms with E-state index in [0.29, 0.717) is 13.2 Å². The third kappa shape index (κ3) is 1.95. The molecule has 0 amide bonds. The Balaban J connectivity index is 2.15. The van der Waals surface area contributed by atoms with E-state index in [4.69, 9.17) is 9.57 Å². The molecule has 3 rings (SSSR count). The van der Waals surface area contributed by atoms with Crippen LogP contribution in [0.25, 0.3) is 10.8 Å². The van der Waals surface area contributed by atoms with E-state index in [1.54, 1.807) is 6.92 Å². The fraction of sp³-hybridized carbons (Fsp3) is 0.200. The van der Waals surface area contributed by atoms with Gasteiger partial charge >= 0.3 is 5.97 Å². The van der Waals surface area contributed by atoms with Gasteiger partial charge in [0.2, 0.25) is 0 Å². The van der Waals surface area contributed by atoms with E-state index >= 15 is 0 Å². The second-order valence-corrected chi connectivity index (χ2v) is 4.25. The van der Waals surface area contributed by atoms with Crippen molar-refractivity contribution in [3.8, 4) is 0 Å². The van der Waals surface area contributed by atoms with Crippen molar-refractivity contribution < 1.29 is 14.4 Å². The predicted molar refractivity (Wildman–Crippen MR) is 71.9 cm³/mol. The number of carbonyl (C=O) groups excluding carboxylic acids is 1. The summed E-state index contributed by atoms with van der Waals surface area (Å²) < 4.78 is 5.00. The molecule has 0 unspecified atom stereocenters. The predicted octanol–water partition coefficient (Wildman–Crippen LogP) is 2.64. The molecular formula is C15H13NO3. The summed E-state index contributed by atoms with van der Waals surface area (Å²) in [4.78, 5) is 17.0. The van der Waals surface area contributed by atoms with E-state index in [2.05, 4.69) is 5.16 Å². The lowest BCUT2D eigenvalue weighted by atomic mass is 9.96. The molecule has 1 aliphatic rings. The topological polar surface area (TPSA) is 47.9 Å². The second-order valence-electron chi connectivity index (χ2n) is 4.25. The molecular weight excluding hydrogens is 242 g/mol. The van der Waals surface area contributed by atoms with Gasteiger partial charge in [0.1, 0.15) is 6.61 Å². The number of nitrogens with zero attached hydrogens (tertiary/aromatic N) is 1. The van der Waals surface area contributed by atoms with Gasteiger partial charge in [-0.05, 0) is 17.7 Å². The van der Waals surface area contributed by atoms with Gasteiger partial charge in [0.05, 0.1) is 6.61 Å². The molecule has 2 aromatic rings. The van der Waals surface area contributed by atoms with Crippen LogP contribution in [0.5, 0.6) is 0 Å². The van der Waals surface area contributed by atoms with Crippen LogP contribution in [0.2, 0.25) is 0 Å². The minimum absolute atomic E-state index is 0.244. The molecule has 4 heteroatoms. The number of oxime groups is 1. The molecule has 0 fully saturated rings.